The lowest BCUT2D eigenvalue weighted by atomic mass is 10.1. The molecule has 352 valence electrons. The van der Waals surface area contributed by atoms with Gasteiger partial charge in [0.25, 0.3) is 0 Å². The molecule has 0 aliphatic carbocycles. The molecule has 1 atom stereocenters. The van der Waals surface area contributed by atoms with E-state index in [-0.39, 0.29) is 37.5 Å². The first kappa shape index (κ1) is 58.6. The fourth-order valence-electron chi connectivity index (χ4n) is 6.10. The minimum absolute atomic E-state index is 0.118. The normalized spacial score (nSPS) is 13.3. The van der Waals surface area contributed by atoms with Crippen LogP contribution >= 0.6 is 0 Å². The second-order valence-corrected chi connectivity index (χ2v) is 15.7. The summed E-state index contributed by atoms with van der Waals surface area (Å²) in [4.78, 5) is 37.9. The van der Waals surface area contributed by atoms with Crippen molar-refractivity contribution in [2.75, 3.05) is 13.2 Å². The number of carbonyl (C=O) groups excluding carboxylic acids is 3. The molecule has 1 unspecified atom stereocenters. The van der Waals surface area contributed by atoms with Gasteiger partial charge in [-0.05, 0) is 96.3 Å². The average molecular weight is 869 g/mol. The summed E-state index contributed by atoms with van der Waals surface area (Å²) in [6.45, 7) is 6.21. The molecular weight excluding hydrogens is 781 g/mol. The molecule has 0 saturated heterocycles. The van der Waals surface area contributed by atoms with E-state index in [2.05, 4.69) is 118 Å². The Morgan fingerprint density at radius 2 is 0.698 bits per heavy atom. The predicted molar refractivity (Wildman–Crippen MR) is 269 cm³/mol. The van der Waals surface area contributed by atoms with Gasteiger partial charge in [-0.3, -0.25) is 14.4 Å². The van der Waals surface area contributed by atoms with Crippen molar-refractivity contribution in [3.63, 3.8) is 0 Å². The van der Waals surface area contributed by atoms with Crippen LogP contribution in [0.2, 0.25) is 0 Å². The molecule has 0 N–H and O–H groups in total. The summed E-state index contributed by atoms with van der Waals surface area (Å²) in [7, 11) is 0. The van der Waals surface area contributed by atoms with Crippen LogP contribution in [0.5, 0.6) is 0 Å². The molecule has 0 aromatic heterocycles. The van der Waals surface area contributed by atoms with Gasteiger partial charge in [-0.25, -0.2) is 0 Å². The predicted octanol–water partition coefficient (Wildman–Crippen LogP) is 16.3. The van der Waals surface area contributed by atoms with Crippen molar-refractivity contribution in [1.29, 1.82) is 0 Å². The van der Waals surface area contributed by atoms with E-state index in [9.17, 15) is 14.4 Å². The molecule has 0 amide bonds. The Labute approximate surface area is 385 Å². The van der Waals surface area contributed by atoms with Crippen LogP contribution in [0.25, 0.3) is 0 Å². The van der Waals surface area contributed by atoms with Gasteiger partial charge < -0.3 is 14.2 Å². The van der Waals surface area contributed by atoms with Gasteiger partial charge >= 0.3 is 17.9 Å². The summed E-state index contributed by atoms with van der Waals surface area (Å²) in [6, 6.07) is 0. The fraction of sp³-hybridized carbons (Fsp3) is 0.561. The quantitative estimate of drug-likeness (QED) is 0.0200. The Bertz CT molecular complexity index is 1420. The molecule has 0 aliphatic rings. The number of hydrogen-bond donors (Lipinski definition) is 0. The Morgan fingerprint density at radius 3 is 1.17 bits per heavy atom. The van der Waals surface area contributed by atoms with Crippen LogP contribution in [0.15, 0.2) is 134 Å². The molecule has 0 heterocycles. The first-order chi connectivity index (χ1) is 31.0. The van der Waals surface area contributed by atoms with Crippen LogP contribution in [-0.2, 0) is 28.6 Å². The van der Waals surface area contributed by atoms with Gasteiger partial charge in [-0.15, -0.1) is 0 Å². The van der Waals surface area contributed by atoms with E-state index < -0.39 is 6.10 Å². The standard InChI is InChI=1S/C57H88O6/c1-4-7-10-13-16-19-22-24-26-28-29-31-32-35-38-41-44-47-50-56(59)62-53-54(52-61-55(58)49-46-43-40-37-34-21-18-15-12-9-6-3)63-57(60)51-48-45-42-39-36-33-30-27-25-23-20-17-14-11-8-5-2/h8-13,16-22,24-29,31,37,40,54H,4-7,14-15,23,30,32-36,38-39,41-53H2,1-3H3/b11-8-,12-9-,13-10-,19-16-,20-17-,21-18-,24-22-,27-25-,28-26-,31-29-,40-37-. The van der Waals surface area contributed by atoms with Crippen molar-refractivity contribution >= 4 is 17.9 Å². The van der Waals surface area contributed by atoms with E-state index in [0.29, 0.717) is 19.3 Å². The van der Waals surface area contributed by atoms with Gasteiger partial charge in [0.2, 0.25) is 0 Å². The topological polar surface area (TPSA) is 78.9 Å². The molecule has 6 heteroatoms. The van der Waals surface area contributed by atoms with E-state index in [0.717, 1.165) is 122 Å². The summed E-state index contributed by atoms with van der Waals surface area (Å²) in [5, 5.41) is 0. The Hall–Kier alpha value is -4.45. The van der Waals surface area contributed by atoms with Crippen LogP contribution < -0.4 is 0 Å². The lowest BCUT2D eigenvalue weighted by Crippen LogP contribution is -2.30. The van der Waals surface area contributed by atoms with Gasteiger partial charge in [-0.1, -0.05) is 206 Å². The molecule has 6 nitrogen and oxygen atoms in total. The minimum atomic E-state index is -0.820. The second kappa shape index (κ2) is 50.2. The molecule has 0 aromatic carbocycles. The van der Waals surface area contributed by atoms with Crippen molar-refractivity contribution in [3.8, 4) is 0 Å². The fourth-order valence-corrected chi connectivity index (χ4v) is 6.10. The maximum atomic E-state index is 12.8. The van der Waals surface area contributed by atoms with Crippen LogP contribution in [-0.4, -0.2) is 37.2 Å². The maximum absolute atomic E-state index is 12.8. The molecule has 63 heavy (non-hydrogen) atoms. The summed E-state index contributed by atoms with van der Waals surface area (Å²) >= 11 is 0. The van der Waals surface area contributed by atoms with Crippen LogP contribution in [0.1, 0.15) is 188 Å². The zero-order valence-corrected chi connectivity index (χ0v) is 40.0. The second-order valence-electron chi connectivity index (χ2n) is 15.7. The molecule has 0 saturated carbocycles. The average Bonchev–Trinajstić information content (AvgIpc) is 3.28. The highest BCUT2D eigenvalue weighted by atomic mass is 16.6. The van der Waals surface area contributed by atoms with Crippen LogP contribution in [0.3, 0.4) is 0 Å². The third-order valence-electron chi connectivity index (χ3n) is 9.73. The molecule has 0 aromatic rings. The summed E-state index contributed by atoms with van der Waals surface area (Å²) in [6.07, 6.45) is 70.1. The van der Waals surface area contributed by atoms with Crippen molar-refractivity contribution in [3.05, 3.63) is 134 Å². The van der Waals surface area contributed by atoms with E-state index in [1.54, 1.807) is 0 Å². The van der Waals surface area contributed by atoms with E-state index >= 15 is 0 Å². The molecule has 0 bridgehead atoms. The van der Waals surface area contributed by atoms with Crippen LogP contribution in [0, 0.1) is 0 Å². The highest BCUT2D eigenvalue weighted by molar-refractivity contribution is 5.71. The number of carbonyl (C=O) groups is 3. The van der Waals surface area contributed by atoms with Gasteiger partial charge in [0, 0.05) is 19.3 Å². The largest absolute Gasteiger partial charge is 0.462 e. The van der Waals surface area contributed by atoms with Crippen LogP contribution in [0.4, 0.5) is 0 Å². The Morgan fingerprint density at radius 1 is 0.349 bits per heavy atom. The molecule has 0 fully saturated rings. The maximum Gasteiger partial charge on any atom is 0.306 e. The monoisotopic (exact) mass is 869 g/mol. The molecular formula is C57H88O6. The number of hydrogen-bond acceptors (Lipinski definition) is 6. The number of unbranched alkanes of at least 4 members (excludes halogenated alkanes) is 13. The Kier molecular flexibility index (Phi) is 46.7. The summed E-state index contributed by atoms with van der Waals surface area (Å²) in [5.74, 6) is -1.02. The highest BCUT2D eigenvalue weighted by Gasteiger charge is 2.19. The van der Waals surface area contributed by atoms with Crippen molar-refractivity contribution in [2.45, 2.75) is 194 Å². The number of ether oxygens (including phenoxy) is 3. The summed E-state index contributed by atoms with van der Waals surface area (Å²) in [5.41, 5.74) is 0. The molecule has 0 radical (unpaired) electrons. The first-order valence-electron chi connectivity index (χ1n) is 24.8. The van der Waals surface area contributed by atoms with Gasteiger partial charge in [-0.2, -0.15) is 0 Å². The first-order valence-corrected chi connectivity index (χ1v) is 24.8. The Balaban J connectivity index is 4.53. The zero-order valence-electron chi connectivity index (χ0n) is 40.0. The number of rotatable bonds is 42. The highest BCUT2D eigenvalue weighted by Crippen LogP contribution is 2.12. The lowest BCUT2D eigenvalue weighted by molar-refractivity contribution is -0.167. The number of esters is 3. The summed E-state index contributed by atoms with van der Waals surface area (Å²) < 4.78 is 16.7. The molecule has 0 rings (SSSR count). The zero-order chi connectivity index (χ0) is 45.8. The van der Waals surface area contributed by atoms with Crippen molar-refractivity contribution in [1.82, 2.24) is 0 Å². The third kappa shape index (κ3) is 48.4. The molecule has 0 aliphatic heterocycles. The van der Waals surface area contributed by atoms with Crippen molar-refractivity contribution < 1.29 is 28.6 Å². The van der Waals surface area contributed by atoms with E-state index in [4.69, 9.17) is 14.2 Å². The van der Waals surface area contributed by atoms with Gasteiger partial charge in [0.05, 0.1) is 0 Å². The van der Waals surface area contributed by atoms with Gasteiger partial charge in [0.15, 0.2) is 6.10 Å². The van der Waals surface area contributed by atoms with Gasteiger partial charge in [0.1, 0.15) is 13.2 Å². The molecule has 0 spiro atoms. The van der Waals surface area contributed by atoms with Crippen molar-refractivity contribution in [2.24, 2.45) is 0 Å². The minimum Gasteiger partial charge on any atom is -0.462 e. The van der Waals surface area contributed by atoms with E-state index in [1.807, 2.05) is 36.5 Å². The number of allylic oxidation sites excluding steroid dienone is 22. The lowest BCUT2D eigenvalue weighted by Gasteiger charge is -2.18. The third-order valence-corrected chi connectivity index (χ3v) is 9.73. The SMILES string of the molecule is CC/C=C\C/C=C\C/C=C\CCCCCCCCC(=O)OC(COC(=O)CCC/C=C\C/C=C\C/C=C\CC)COC(=O)CCCCCCC\C=C/C=C\C=C/C=C\C=C/CCC. The smallest absolute Gasteiger partial charge is 0.306 e. The van der Waals surface area contributed by atoms with E-state index in [1.165, 1.54) is 19.3 Å².